The van der Waals surface area contributed by atoms with Crippen molar-refractivity contribution in [2.24, 2.45) is 0 Å². The number of hydrogen-bond donors (Lipinski definition) is 1. The fourth-order valence-electron chi connectivity index (χ4n) is 1.87. The van der Waals surface area contributed by atoms with Crippen molar-refractivity contribution in [2.75, 3.05) is 19.5 Å². The number of aromatic nitrogens is 4. The van der Waals surface area contributed by atoms with Crippen LogP contribution in [-0.2, 0) is 10.3 Å². The molecule has 0 spiro atoms. The Morgan fingerprint density at radius 3 is 2.79 bits per heavy atom. The van der Waals surface area contributed by atoms with Crippen LogP contribution in [0.15, 0.2) is 22.7 Å². The van der Waals surface area contributed by atoms with Crippen molar-refractivity contribution < 1.29 is 4.74 Å². The Morgan fingerprint density at radius 2 is 2.16 bits per heavy atom. The number of nitrogens with zero attached hydrogens (tertiary/aromatic N) is 4. The van der Waals surface area contributed by atoms with Gasteiger partial charge in [-0.3, -0.25) is 0 Å². The molecule has 2 N–H and O–H groups in total. The molecule has 0 radical (unpaired) electrons. The molecule has 1 aromatic heterocycles. The molecular weight excluding hydrogens is 310 g/mol. The summed E-state index contributed by atoms with van der Waals surface area (Å²) in [5, 5.41) is 11.9. The van der Waals surface area contributed by atoms with E-state index in [1.165, 1.54) is 0 Å². The van der Waals surface area contributed by atoms with Crippen molar-refractivity contribution in [1.82, 2.24) is 20.2 Å². The molecule has 1 aromatic carbocycles. The van der Waals surface area contributed by atoms with Crippen LogP contribution in [0.4, 0.5) is 5.69 Å². The van der Waals surface area contributed by atoms with Crippen molar-refractivity contribution in [3.05, 3.63) is 22.7 Å². The monoisotopic (exact) mass is 325 g/mol. The van der Waals surface area contributed by atoms with E-state index in [-0.39, 0.29) is 5.54 Å². The molecule has 6 nitrogen and oxygen atoms in total. The highest BCUT2D eigenvalue weighted by molar-refractivity contribution is 9.10. The highest BCUT2D eigenvalue weighted by Gasteiger charge is 2.26. The fraction of sp³-hybridized carbons (Fsp3) is 0.417. The van der Waals surface area contributed by atoms with Gasteiger partial charge in [0.2, 0.25) is 0 Å². The van der Waals surface area contributed by atoms with Crippen LogP contribution in [0.1, 0.15) is 13.8 Å². The van der Waals surface area contributed by atoms with E-state index >= 15 is 0 Å². The van der Waals surface area contributed by atoms with Crippen molar-refractivity contribution >= 4 is 21.6 Å². The Balaban J connectivity index is 2.47. The average Bonchev–Trinajstić information content (AvgIpc) is 2.82. The molecule has 2 aromatic rings. The number of nitrogen functional groups attached to an aromatic ring is 1. The first kappa shape index (κ1) is 14.0. The molecule has 0 unspecified atom stereocenters. The van der Waals surface area contributed by atoms with E-state index in [4.69, 9.17) is 10.5 Å². The molecule has 1 heterocycles. The zero-order chi connectivity index (χ0) is 14.0. The SMILES string of the molecule is COCC(C)(C)n1nnnc1-c1ccc(Br)c(N)c1. The van der Waals surface area contributed by atoms with Crippen molar-refractivity contribution in [1.29, 1.82) is 0 Å². The first-order valence-electron chi connectivity index (χ1n) is 5.79. The number of benzene rings is 1. The van der Waals surface area contributed by atoms with E-state index in [0.717, 1.165) is 10.0 Å². The lowest BCUT2D eigenvalue weighted by Crippen LogP contribution is -2.33. The highest BCUT2D eigenvalue weighted by Crippen LogP contribution is 2.28. The summed E-state index contributed by atoms with van der Waals surface area (Å²) in [5.41, 5.74) is 7.08. The van der Waals surface area contributed by atoms with Gasteiger partial charge in [-0.1, -0.05) is 0 Å². The molecule has 0 saturated heterocycles. The van der Waals surface area contributed by atoms with Crippen LogP contribution in [0.25, 0.3) is 11.4 Å². The molecule has 0 aliphatic carbocycles. The summed E-state index contributed by atoms with van der Waals surface area (Å²) >= 11 is 3.37. The molecule has 2 rings (SSSR count). The lowest BCUT2D eigenvalue weighted by atomic mass is 10.1. The molecule has 7 heteroatoms. The minimum absolute atomic E-state index is 0.338. The quantitative estimate of drug-likeness (QED) is 0.870. The maximum Gasteiger partial charge on any atom is 0.182 e. The van der Waals surface area contributed by atoms with Crippen LogP contribution in [0.3, 0.4) is 0 Å². The lowest BCUT2D eigenvalue weighted by Gasteiger charge is -2.24. The number of rotatable bonds is 4. The van der Waals surface area contributed by atoms with E-state index in [0.29, 0.717) is 18.1 Å². The van der Waals surface area contributed by atoms with Gasteiger partial charge in [0.25, 0.3) is 0 Å². The van der Waals surface area contributed by atoms with E-state index < -0.39 is 0 Å². The van der Waals surface area contributed by atoms with Gasteiger partial charge < -0.3 is 10.5 Å². The molecule has 0 saturated carbocycles. The second-order valence-corrected chi connectivity index (χ2v) is 5.75. The van der Waals surface area contributed by atoms with Gasteiger partial charge in [0.05, 0.1) is 12.1 Å². The Hall–Kier alpha value is -1.47. The minimum atomic E-state index is -0.338. The molecule has 0 aliphatic heterocycles. The second kappa shape index (κ2) is 5.26. The lowest BCUT2D eigenvalue weighted by molar-refractivity contribution is 0.101. The summed E-state index contributed by atoms with van der Waals surface area (Å²) in [7, 11) is 1.66. The third-order valence-corrected chi connectivity index (χ3v) is 3.52. The fourth-order valence-corrected chi connectivity index (χ4v) is 2.12. The number of halogens is 1. The molecule has 0 aliphatic rings. The molecule has 102 valence electrons. The zero-order valence-electron chi connectivity index (χ0n) is 11.1. The molecular formula is C12H16BrN5O. The largest absolute Gasteiger partial charge is 0.398 e. The van der Waals surface area contributed by atoms with Crippen LogP contribution in [0, 0.1) is 0 Å². The number of tetrazole rings is 1. The molecule has 0 fully saturated rings. The number of methoxy groups -OCH3 is 1. The Kier molecular flexibility index (Phi) is 3.86. The first-order valence-corrected chi connectivity index (χ1v) is 6.58. The molecule has 19 heavy (non-hydrogen) atoms. The van der Waals surface area contributed by atoms with Crippen LogP contribution in [0.2, 0.25) is 0 Å². The molecule has 0 atom stereocenters. The number of nitrogens with two attached hydrogens (primary N) is 1. The van der Waals surface area contributed by atoms with Gasteiger partial charge >= 0.3 is 0 Å². The maximum atomic E-state index is 5.90. The third-order valence-electron chi connectivity index (χ3n) is 2.79. The number of hydrogen-bond acceptors (Lipinski definition) is 5. The zero-order valence-corrected chi connectivity index (χ0v) is 12.7. The Bertz CT molecular complexity index is 581. The second-order valence-electron chi connectivity index (χ2n) is 4.90. The molecule has 0 bridgehead atoms. The minimum Gasteiger partial charge on any atom is -0.398 e. The van der Waals surface area contributed by atoms with Crippen molar-refractivity contribution in [3.8, 4) is 11.4 Å². The predicted octanol–water partition coefficient (Wildman–Crippen LogP) is 2.07. The standard InChI is InChI=1S/C12H16BrN5O/c1-12(2,7-19-3)18-11(15-16-17-18)8-4-5-9(13)10(14)6-8/h4-6H,7,14H2,1-3H3. The topological polar surface area (TPSA) is 78.8 Å². The van der Waals surface area contributed by atoms with Gasteiger partial charge in [0, 0.05) is 22.8 Å². The number of ether oxygens (including phenoxy) is 1. The first-order chi connectivity index (χ1) is 8.95. The van der Waals surface area contributed by atoms with Gasteiger partial charge in [-0.05, 0) is 58.4 Å². The summed E-state index contributed by atoms with van der Waals surface area (Å²) in [6, 6.07) is 5.65. The van der Waals surface area contributed by atoms with E-state index in [1.807, 2.05) is 32.0 Å². The average molecular weight is 326 g/mol. The van der Waals surface area contributed by atoms with Gasteiger partial charge in [-0.15, -0.1) is 5.10 Å². The summed E-state index contributed by atoms with van der Waals surface area (Å²) in [6.07, 6.45) is 0. The van der Waals surface area contributed by atoms with Gasteiger partial charge in [0.15, 0.2) is 5.82 Å². The third kappa shape index (κ3) is 2.76. The number of anilines is 1. The molecule has 0 amide bonds. The van der Waals surface area contributed by atoms with E-state index in [2.05, 4.69) is 31.5 Å². The van der Waals surface area contributed by atoms with Crippen LogP contribution in [0.5, 0.6) is 0 Å². The Labute approximate surface area is 120 Å². The summed E-state index contributed by atoms with van der Waals surface area (Å²) < 4.78 is 7.82. The maximum absolute atomic E-state index is 5.90. The van der Waals surface area contributed by atoms with Crippen LogP contribution >= 0.6 is 15.9 Å². The summed E-state index contributed by atoms with van der Waals surface area (Å²) in [5.74, 6) is 0.668. The van der Waals surface area contributed by atoms with Gasteiger partial charge in [-0.2, -0.15) is 0 Å². The predicted molar refractivity (Wildman–Crippen MR) is 76.6 cm³/mol. The van der Waals surface area contributed by atoms with E-state index in [9.17, 15) is 0 Å². The van der Waals surface area contributed by atoms with Crippen molar-refractivity contribution in [3.63, 3.8) is 0 Å². The van der Waals surface area contributed by atoms with Gasteiger partial charge in [-0.25, -0.2) is 4.68 Å². The summed E-state index contributed by atoms with van der Waals surface area (Å²) in [6.45, 7) is 4.54. The van der Waals surface area contributed by atoms with Gasteiger partial charge in [0.1, 0.15) is 0 Å². The highest BCUT2D eigenvalue weighted by atomic mass is 79.9. The normalized spacial score (nSPS) is 11.8. The van der Waals surface area contributed by atoms with E-state index in [1.54, 1.807) is 11.8 Å². The smallest absolute Gasteiger partial charge is 0.182 e. The van der Waals surface area contributed by atoms with Crippen LogP contribution < -0.4 is 5.73 Å². The summed E-state index contributed by atoms with van der Waals surface area (Å²) in [4.78, 5) is 0. The Morgan fingerprint density at radius 1 is 1.42 bits per heavy atom. The van der Waals surface area contributed by atoms with Crippen molar-refractivity contribution in [2.45, 2.75) is 19.4 Å². The van der Waals surface area contributed by atoms with Crippen LogP contribution in [-0.4, -0.2) is 33.9 Å².